The normalized spacial score (nSPS) is 19.8. The molecule has 1 heterocycles. The molecule has 1 atom stereocenters. The van der Waals surface area contributed by atoms with Crippen LogP contribution in [0.2, 0.25) is 0 Å². The van der Waals surface area contributed by atoms with Gasteiger partial charge in [-0.1, -0.05) is 6.08 Å². The van der Waals surface area contributed by atoms with Gasteiger partial charge in [0.15, 0.2) is 0 Å². The molecule has 0 radical (unpaired) electrons. The van der Waals surface area contributed by atoms with E-state index in [0.717, 1.165) is 6.54 Å². The summed E-state index contributed by atoms with van der Waals surface area (Å²) in [4.78, 5) is 25.2. The molecule has 1 amide bonds. The summed E-state index contributed by atoms with van der Waals surface area (Å²) in [7, 11) is 0. The van der Waals surface area contributed by atoms with Crippen LogP contribution in [-0.4, -0.2) is 49.1 Å². The van der Waals surface area contributed by atoms with Crippen molar-refractivity contribution in [3.05, 3.63) is 12.7 Å². The number of piperazine rings is 1. The molecule has 5 heteroatoms. The number of hydrogen-bond acceptors (Lipinski definition) is 4. The van der Waals surface area contributed by atoms with Gasteiger partial charge >= 0.3 is 5.97 Å². The molecule has 96 valence electrons. The molecule has 0 aromatic rings. The van der Waals surface area contributed by atoms with E-state index in [4.69, 9.17) is 4.74 Å². The van der Waals surface area contributed by atoms with Crippen LogP contribution >= 0.6 is 0 Å². The molecule has 1 N–H and O–H groups in total. The Hall–Kier alpha value is -1.36. The molecule has 5 nitrogen and oxygen atoms in total. The first-order chi connectivity index (χ1) is 8.20. The first-order valence-electron chi connectivity index (χ1n) is 5.98. The molecule has 0 aromatic carbocycles. The SMILES string of the molecule is C=CCCC(=O)N1CCNCC1C(=O)OCC. The van der Waals surface area contributed by atoms with Crippen molar-refractivity contribution in [3.8, 4) is 0 Å². The van der Waals surface area contributed by atoms with Crippen molar-refractivity contribution in [1.82, 2.24) is 10.2 Å². The van der Waals surface area contributed by atoms with Crippen LogP contribution in [0, 0.1) is 0 Å². The first-order valence-corrected chi connectivity index (χ1v) is 5.98. The summed E-state index contributed by atoms with van der Waals surface area (Å²) in [6.45, 7) is 7.43. The van der Waals surface area contributed by atoms with Gasteiger partial charge in [0.05, 0.1) is 6.61 Å². The van der Waals surface area contributed by atoms with Gasteiger partial charge in [0, 0.05) is 26.1 Å². The van der Waals surface area contributed by atoms with Crippen molar-refractivity contribution in [1.29, 1.82) is 0 Å². The second-order valence-corrected chi connectivity index (χ2v) is 3.89. The van der Waals surface area contributed by atoms with Gasteiger partial charge < -0.3 is 15.0 Å². The fraction of sp³-hybridized carbons (Fsp3) is 0.667. The van der Waals surface area contributed by atoms with Crippen molar-refractivity contribution in [3.63, 3.8) is 0 Å². The van der Waals surface area contributed by atoms with Crippen LogP contribution in [0.4, 0.5) is 0 Å². The minimum absolute atomic E-state index is 0.00977. The molecule has 0 aromatic heterocycles. The van der Waals surface area contributed by atoms with Gasteiger partial charge in [-0.25, -0.2) is 4.79 Å². The molecule has 1 rings (SSSR count). The standard InChI is InChI=1S/C12H20N2O3/c1-3-5-6-11(15)14-8-7-13-9-10(14)12(16)17-4-2/h3,10,13H,1,4-9H2,2H3. The van der Waals surface area contributed by atoms with Crippen LogP contribution in [0.25, 0.3) is 0 Å². The maximum Gasteiger partial charge on any atom is 0.330 e. The molecule has 1 saturated heterocycles. The number of carbonyl (C=O) groups is 2. The van der Waals surface area contributed by atoms with Gasteiger partial charge in [-0.15, -0.1) is 6.58 Å². The lowest BCUT2D eigenvalue weighted by Gasteiger charge is -2.34. The Morgan fingerprint density at radius 3 is 3.00 bits per heavy atom. The van der Waals surface area contributed by atoms with Gasteiger partial charge in [-0.05, 0) is 13.3 Å². The molecule has 1 unspecified atom stereocenters. The molecule has 17 heavy (non-hydrogen) atoms. The number of ether oxygens (including phenoxy) is 1. The van der Waals surface area contributed by atoms with E-state index >= 15 is 0 Å². The zero-order valence-electron chi connectivity index (χ0n) is 10.3. The van der Waals surface area contributed by atoms with E-state index in [9.17, 15) is 9.59 Å². The quantitative estimate of drug-likeness (QED) is 0.555. The van der Waals surface area contributed by atoms with Crippen LogP contribution in [0.5, 0.6) is 0 Å². The molecule has 0 aliphatic carbocycles. The molecular weight excluding hydrogens is 220 g/mol. The molecule has 1 aliphatic rings. The highest BCUT2D eigenvalue weighted by molar-refractivity contribution is 5.85. The van der Waals surface area contributed by atoms with Crippen molar-refractivity contribution >= 4 is 11.9 Å². The van der Waals surface area contributed by atoms with Crippen LogP contribution in [0.1, 0.15) is 19.8 Å². The average Bonchev–Trinajstić information content (AvgIpc) is 2.36. The number of hydrogen-bond donors (Lipinski definition) is 1. The van der Waals surface area contributed by atoms with E-state index in [1.54, 1.807) is 17.9 Å². The summed E-state index contributed by atoms with van der Waals surface area (Å²) in [5.41, 5.74) is 0. The Kier molecular flexibility index (Phi) is 5.69. The summed E-state index contributed by atoms with van der Waals surface area (Å²) in [5, 5.41) is 3.10. The van der Waals surface area contributed by atoms with Crippen LogP contribution in [0.15, 0.2) is 12.7 Å². The summed E-state index contributed by atoms with van der Waals surface area (Å²) in [6.07, 6.45) is 2.75. The van der Waals surface area contributed by atoms with Crippen molar-refractivity contribution < 1.29 is 14.3 Å². The minimum atomic E-state index is -0.485. The highest BCUT2D eigenvalue weighted by Gasteiger charge is 2.32. The van der Waals surface area contributed by atoms with Crippen molar-refractivity contribution in [2.24, 2.45) is 0 Å². The van der Waals surface area contributed by atoms with E-state index in [-0.39, 0.29) is 11.9 Å². The van der Waals surface area contributed by atoms with Gasteiger partial charge in [-0.2, -0.15) is 0 Å². The number of allylic oxidation sites excluding steroid dienone is 1. The lowest BCUT2D eigenvalue weighted by Crippen LogP contribution is -2.57. The largest absolute Gasteiger partial charge is 0.464 e. The lowest BCUT2D eigenvalue weighted by atomic mass is 10.1. The maximum absolute atomic E-state index is 11.9. The first kappa shape index (κ1) is 13.7. The molecule has 0 bridgehead atoms. The average molecular weight is 240 g/mol. The second-order valence-electron chi connectivity index (χ2n) is 3.89. The summed E-state index contributed by atoms with van der Waals surface area (Å²) in [5.74, 6) is -0.337. The molecule has 1 fully saturated rings. The second kappa shape index (κ2) is 7.06. The summed E-state index contributed by atoms with van der Waals surface area (Å²) in [6, 6.07) is -0.485. The number of nitrogens with one attached hydrogen (secondary N) is 1. The molecule has 1 aliphatic heterocycles. The summed E-state index contributed by atoms with van der Waals surface area (Å²) >= 11 is 0. The number of esters is 1. The molecular formula is C12H20N2O3. The fourth-order valence-corrected chi connectivity index (χ4v) is 1.82. The Morgan fingerprint density at radius 2 is 2.35 bits per heavy atom. The number of rotatable bonds is 5. The monoisotopic (exact) mass is 240 g/mol. The van der Waals surface area contributed by atoms with Crippen LogP contribution in [-0.2, 0) is 14.3 Å². The smallest absolute Gasteiger partial charge is 0.330 e. The van der Waals surface area contributed by atoms with Gasteiger partial charge in [0.25, 0.3) is 0 Å². The molecule has 0 spiro atoms. The zero-order chi connectivity index (χ0) is 12.7. The van der Waals surface area contributed by atoms with E-state index in [1.807, 2.05) is 0 Å². The predicted molar refractivity (Wildman–Crippen MR) is 64.4 cm³/mol. The topological polar surface area (TPSA) is 58.6 Å². The van der Waals surface area contributed by atoms with E-state index < -0.39 is 6.04 Å². The van der Waals surface area contributed by atoms with Gasteiger partial charge in [0.1, 0.15) is 6.04 Å². The lowest BCUT2D eigenvalue weighted by molar-refractivity contribution is -0.155. The number of nitrogens with zero attached hydrogens (tertiary/aromatic N) is 1. The third kappa shape index (κ3) is 3.85. The molecule has 0 saturated carbocycles. The van der Waals surface area contributed by atoms with Gasteiger partial charge in [0.2, 0.25) is 5.91 Å². The van der Waals surface area contributed by atoms with Crippen molar-refractivity contribution in [2.75, 3.05) is 26.2 Å². The predicted octanol–water partition coefficient (Wildman–Crippen LogP) is 0.316. The van der Waals surface area contributed by atoms with Crippen molar-refractivity contribution in [2.45, 2.75) is 25.8 Å². The number of amides is 1. The Morgan fingerprint density at radius 1 is 1.59 bits per heavy atom. The summed E-state index contributed by atoms with van der Waals surface area (Å²) < 4.78 is 4.97. The third-order valence-corrected chi connectivity index (χ3v) is 2.68. The van der Waals surface area contributed by atoms with Crippen LogP contribution in [0.3, 0.4) is 0 Å². The van der Waals surface area contributed by atoms with Gasteiger partial charge in [-0.3, -0.25) is 4.79 Å². The Balaban J connectivity index is 2.61. The van der Waals surface area contributed by atoms with E-state index in [2.05, 4.69) is 11.9 Å². The van der Waals surface area contributed by atoms with E-state index in [1.165, 1.54) is 0 Å². The van der Waals surface area contributed by atoms with Crippen LogP contribution < -0.4 is 5.32 Å². The minimum Gasteiger partial charge on any atom is -0.464 e. The number of carbonyl (C=O) groups excluding carboxylic acids is 2. The zero-order valence-corrected chi connectivity index (χ0v) is 10.3. The fourth-order valence-electron chi connectivity index (χ4n) is 1.82. The third-order valence-electron chi connectivity index (χ3n) is 2.68. The van der Waals surface area contributed by atoms with E-state index in [0.29, 0.717) is 32.5 Å². The Bertz CT molecular complexity index is 291. The highest BCUT2D eigenvalue weighted by atomic mass is 16.5. The highest BCUT2D eigenvalue weighted by Crippen LogP contribution is 2.09. The maximum atomic E-state index is 11.9. The Labute approximate surface area is 102 Å².